The Bertz CT molecular complexity index is 492. The molecule has 0 bridgehead atoms. The van der Waals surface area contributed by atoms with Gasteiger partial charge in [-0.3, -0.25) is 14.3 Å². The number of nitrogens with one attached hydrogen (secondary N) is 1. The Balaban J connectivity index is 2.72. The van der Waals surface area contributed by atoms with Gasteiger partial charge in [0.05, 0.1) is 23.0 Å². The summed E-state index contributed by atoms with van der Waals surface area (Å²) >= 11 is 0. The van der Waals surface area contributed by atoms with Crippen LogP contribution in [0.25, 0.3) is 0 Å². The Labute approximate surface area is 113 Å². The number of anilines is 1. The minimum absolute atomic E-state index is 0.253. The summed E-state index contributed by atoms with van der Waals surface area (Å²) in [6.45, 7) is 8.68. The number of aromatic nitrogens is 2. The molecule has 1 atom stereocenters. The van der Waals surface area contributed by atoms with Gasteiger partial charge in [-0.25, -0.2) is 0 Å². The molecular formula is C13H21N3O3. The lowest BCUT2D eigenvalue weighted by molar-refractivity contribution is -0.156. The zero-order chi connectivity index (χ0) is 14.7. The fourth-order valence-corrected chi connectivity index (χ4v) is 1.54. The van der Waals surface area contributed by atoms with E-state index in [0.29, 0.717) is 5.69 Å². The molecular weight excluding hydrogens is 246 g/mol. The van der Waals surface area contributed by atoms with E-state index in [1.165, 1.54) is 0 Å². The number of hydrogen-bond acceptors (Lipinski definition) is 4. The Hall–Kier alpha value is -1.85. The molecule has 0 fully saturated rings. The second-order valence-electron chi connectivity index (χ2n) is 4.89. The first-order valence-corrected chi connectivity index (χ1v) is 6.25. The summed E-state index contributed by atoms with van der Waals surface area (Å²) in [5.41, 5.74) is 2.25. The highest BCUT2D eigenvalue weighted by Crippen LogP contribution is 2.18. The lowest BCUT2D eigenvalue weighted by Gasteiger charge is -2.15. The molecule has 0 aliphatic carbocycles. The van der Waals surface area contributed by atoms with E-state index in [4.69, 9.17) is 4.74 Å². The lowest BCUT2D eigenvalue weighted by Crippen LogP contribution is -2.31. The summed E-state index contributed by atoms with van der Waals surface area (Å²) < 4.78 is 6.74. The number of esters is 1. The third-order valence-corrected chi connectivity index (χ3v) is 2.89. The van der Waals surface area contributed by atoms with Gasteiger partial charge < -0.3 is 10.1 Å². The van der Waals surface area contributed by atoms with Crippen molar-refractivity contribution in [3.8, 4) is 0 Å². The van der Waals surface area contributed by atoms with Crippen LogP contribution in [0.1, 0.15) is 32.2 Å². The molecule has 0 aliphatic rings. The maximum Gasteiger partial charge on any atom is 0.309 e. The van der Waals surface area contributed by atoms with E-state index in [1.807, 2.05) is 13.8 Å². The number of nitrogens with zero attached hydrogens (tertiary/aromatic N) is 2. The van der Waals surface area contributed by atoms with E-state index in [1.54, 1.807) is 32.5 Å². The molecule has 0 radical (unpaired) electrons. The molecule has 19 heavy (non-hydrogen) atoms. The van der Waals surface area contributed by atoms with Gasteiger partial charge in [-0.15, -0.1) is 0 Å². The van der Waals surface area contributed by atoms with Gasteiger partial charge in [-0.2, -0.15) is 5.10 Å². The highest BCUT2D eigenvalue weighted by molar-refractivity contribution is 5.96. The number of aryl methyl sites for hydroxylation is 2. The topological polar surface area (TPSA) is 73.2 Å². The van der Waals surface area contributed by atoms with Gasteiger partial charge in [0.1, 0.15) is 0 Å². The van der Waals surface area contributed by atoms with Crippen LogP contribution in [0.4, 0.5) is 5.69 Å². The first kappa shape index (κ1) is 15.2. The van der Waals surface area contributed by atoms with Crippen molar-refractivity contribution in [3.63, 3.8) is 0 Å². The molecule has 6 nitrogen and oxygen atoms in total. The molecule has 1 amide bonds. The first-order chi connectivity index (χ1) is 8.73. The summed E-state index contributed by atoms with van der Waals surface area (Å²) in [5.74, 6) is -0.993. The normalized spacial score (nSPS) is 12.4. The van der Waals surface area contributed by atoms with E-state index in [2.05, 4.69) is 10.4 Å². The van der Waals surface area contributed by atoms with E-state index < -0.39 is 6.10 Å². The van der Waals surface area contributed by atoms with Gasteiger partial charge in [-0.05, 0) is 20.8 Å². The van der Waals surface area contributed by atoms with Crippen molar-refractivity contribution in [1.82, 2.24) is 9.78 Å². The standard InChI is InChI=1S/C13H21N3O3/c1-7(2)13(18)19-10(5)12(17)14-11-8(3)15-16(6)9(11)4/h7,10H,1-6H3,(H,14,17). The van der Waals surface area contributed by atoms with Gasteiger partial charge in [0.15, 0.2) is 6.10 Å². The minimum Gasteiger partial charge on any atom is -0.452 e. The SMILES string of the molecule is Cc1nn(C)c(C)c1NC(=O)C(C)OC(=O)C(C)C. The number of ether oxygens (including phenoxy) is 1. The molecule has 0 saturated carbocycles. The molecule has 0 spiro atoms. The second-order valence-corrected chi connectivity index (χ2v) is 4.89. The molecule has 1 rings (SSSR count). The number of carbonyl (C=O) groups excluding carboxylic acids is 2. The molecule has 0 aromatic carbocycles. The van der Waals surface area contributed by atoms with E-state index in [0.717, 1.165) is 11.4 Å². The molecule has 106 valence electrons. The Morgan fingerprint density at radius 3 is 2.26 bits per heavy atom. The van der Waals surface area contributed by atoms with Gasteiger partial charge in [0, 0.05) is 7.05 Å². The molecule has 1 aromatic rings. The number of amides is 1. The molecule has 6 heteroatoms. The quantitative estimate of drug-likeness (QED) is 0.840. The van der Waals surface area contributed by atoms with Gasteiger partial charge >= 0.3 is 5.97 Å². The van der Waals surface area contributed by atoms with Crippen LogP contribution in [0, 0.1) is 19.8 Å². The average molecular weight is 267 g/mol. The largest absolute Gasteiger partial charge is 0.452 e. The zero-order valence-electron chi connectivity index (χ0n) is 12.3. The maximum atomic E-state index is 12.0. The molecule has 1 aromatic heterocycles. The van der Waals surface area contributed by atoms with Crippen molar-refractivity contribution in [2.24, 2.45) is 13.0 Å². The minimum atomic E-state index is -0.825. The predicted molar refractivity (Wildman–Crippen MR) is 71.7 cm³/mol. The van der Waals surface area contributed by atoms with Crippen molar-refractivity contribution in [2.75, 3.05) is 5.32 Å². The lowest BCUT2D eigenvalue weighted by atomic mass is 10.2. The summed E-state index contributed by atoms with van der Waals surface area (Å²) in [6, 6.07) is 0. The van der Waals surface area contributed by atoms with Crippen molar-refractivity contribution in [3.05, 3.63) is 11.4 Å². The number of rotatable bonds is 4. The van der Waals surface area contributed by atoms with Crippen LogP contribution in [0.5, 0.6) is 0 Å². The third-order valence-electron chi connectivity index (χ3n) is 2.89. The first-order valence-electron chi connectivity index (χ1n) is 6.25. The Morgan fingerprint density at radius 1 is 1.26 bits per heavy atom. The van der Waals surface area contributed by atoms with Crippen molar-refractivity contribution in [1.29, 1.82) is 0 Å². The zero-order valence-corrected chi connectivity index (χ0v) is 12.3. The summed E-state index contributed by atoms with van der Waals surface area (Å²) in [4.78, 5) is 23.4. The summed E-state index contributed by atoms with van der Waals surface area (Å²) in [5, 5.41) is 6.95. The van der Waals surface area contributed by atoms with Crippen LogP contribution in [-0.4, -0.2) is 27.8 Å². The number of hydrogen-bond donors (Lipinski definition) is 1. The van der Waals surface area contributed by atoms with Gasteiger partial charge in [0.25, 0.3) is 5.91 Å². The second kappa shape index (κ2) is 5.86. The fourth-order valence-electron chi connectivity index (χ4n) is 1.54. The monoisotopic (exact) mass is 267 g/mol. The van der Waals surface area contributed by atoms with Crippen LogP contribution >= 0.6 is 0 Å². The molecule has 0 saturated heterocycles. The molecule has 1 unspecified atom stereocenters. The maximum absolute atomic E-state index is 12.0. The average Bonchev–Trinajstić information content (AvgIpc) is 2.55. The van der Waals surface area contributed by atoms with Crippen LogP contribution in [0.15, 0.2) is 0 Å². The van der Waals surface area contributed by atoms with Crippen LogP contribution in [-0.2, 0) is 21.4 Å². The van der Waals surface area contributed by atoms with Crippen molar-refractivity contribution >= 4 is 17.6 Å². The summed E-state index contributed by atoms with van der Waals surface area (Å²) in [6.07, 6.45) is -0.825. The highest BCUT2D eigenvalue weighted by atomic mass is 16.5. The Kier molecular flexibility index (Phi) is 4.69. The van der Waals surface area contributed by atoms with Crippen LogP contribution in [0.3, 0.4) is 0 Å². The van der Waals surface area contributed by atoms with Crippen molar-refractivity contribution in [2.45, 2.75) is 40.7 Å². The third kappa shape index (κ3) is 3.56. The van der Waals surface area contributed by atoms with E-state index >= 15 is 0 Å². The fraction of sp³-hybridized carbons (Fsp3) is 0.615. The van der Waals surface area contributed by atoms with Gasteiger partial charge in [0.2, 0.25) is 0 Å². The summed E-state index contributed by atoms with van der Waals surface area (Å²) in [7, 11) is 1.81. The molecule has 1 heterocycles. The van der Waals surface area contributed by atoms with Crippen LogP contribution in [0.2, 0.25) is 0 Å². The number of carbonyl (C=O) groups is 2. The predicted octanol–water partition coefficient (Wildman–Crippen LogP) is 1.56. The molecule has 0 aliphatic heterocycles. The van der Waals surface area contributed by atoms with E-state index in [-0.39, 0.29) is 17.8 Å². The van der Waals surface area contributed by atoms with Gasteiger partial charge in [-0.1, -0.05) is 13.8 Å². The van der Waals surface area contributed by atoms with Crippen LogP contribution < -0.4 is 5.32 Å². The van der Waals surface area contributed by atoms with E-state index in [9.17, 15) is 9.59 Å². The highest BCUT2D eigenvalue weighted by Gasteiger charge is 2.21. The Morgan fingerprint density at radius 2 is 1.84 bits per heavy atom. The smallest absolute Gasteiger partial charge is 0.309 e. The van der Waals surface area contributed by atoms with Crippen molar-refractivity contribution < 1.29 is 14.3 Å². The molecule has 1 N–H and O–H groups in total.